The van der Waals surface area contributed by atoms with Crippen molar-refractivity contribution in [2.24, 2.45) is 0 Å². The van der Waals surface area contributed by atoms with Gasteiger partial charge in [-0.15, -0.1) is 0 Å². The highest BCUT2D eigenvalue weighted by molar-refractivity contribution is 6.13. The Morgan fingerprint density at radius 2 is 0.887 bits per heavy atom. The van der Waals surface area contributed by atoms with Gasteiger partial charge in [0.25, 0.3) is 17.7 Å². The van der Waals surface area contributed by atoms with E-state index < -0.39 is 29.4 Å². The van der Waals surface area contributed by atoms with Crippen LogP contribution >= 0.6 is 0 Å². The largest absolute Gasteiger partial charge is 0.379 e. The molecule has 0 fully saturated rings. The minimum atomic E-state index is -2.26. The van der Waals surface area contributed by atoms with Gasteiger partial charge >= 0.3 is 0 Å². The van der Waals surface area contributed by atoms with E-state index in [4.69, 9.17) is 4.74 Å². The molecule has 0 radical (unpaired) electrons. The minimum absolute atomic E-state index is 0.0192. The fraction of sp³-hybridized carbons (Fsp3) is 0.837. The molecule has 13 heteroatoms. The van der Waals surface area contributed by atoms with E-state index in [1.807, 2.05) is 0 Å². The van der Waals surface area contributed by atoms with E-state index in [2.05, 4.69) is 35.1 Å². The van der Waals surface area contributed by atoms with Crippen LogP contribution in [0.3, 0.4) is 0 Å². The first-order valence-electron chi connectivity index (χ1n) is 25.1. The average molecular weight is 876 g/mol. The fourth-order valence-electron chi connectivity index (χ4n) is 7.61. The Bertz CT molecular complexity index is 1230. The van der Waals surface area contributed by atoms with E-state index in [-0.39, 0.29) is 63.8 Å². The Balaban J connectivity index is 2.37. The van der Waals surface area contributed by atoms with Gasteiger partial charge in [0.05, 0.1) is 19.6 Å². The molecule has 0 aromatic rings. The number of amides is 6. The Morgan fingerprint density at radius 3 is 1.34 bits per heavy atom. The van der Waals surface area contributed by atoms with Gasteiger partial charge in [-0.05, 0) is 12.8 Å². The molecule has 1 heterocycles. The molecule has 1 atom stereocenters. The van der Waals surface area contributed by atoms with E-state index in [0.717, 1.165) is 62.0 Å². The van der Waals surface area contributed by atoms with Crippen molar-refractivity contribution in [1.82, 2.24) is 26.2 Å². The summed E-state index contributed by atoms with van der Waals surface area (Å²) in [5.74, 6) is -2.88. The Kier molecular flexibility index (Phi) is 35.9. The third kappa shape index (κ3) is 31.5. The molecule has 0 saturated heterocycles. The first-order chi connectivity index (χ1) is 30.1. The van der Waals surface area contributed by atoms with Gasteiger partial charge in [-0.25, -0.2) is 0 Å². The molecule has 1 aliphatic heterocycles. The summed E-state index contributed by atoms with van der Waals surface area (Å²) >= 11 is 0. The maximum Gasteiger partial charge on any atom is 0.273 e. The van der Waals surface area contributed by atoms with Crippen molar-refractivity contribution in [2.45, 2.75) is 225 Å². The second kappa shape index (κ2) is 39.3. The quantitative estimate of drug-likeness (QED) is 0.0229. The van der Waals surface area contributed by atoms with Crippen LogP contribution < -0.4 is 21.3 Å². The number of carbonyl (C=O) groups excluding carboxylic acids is 6. The zero-order chi connectivity index (χ0) is 45.4. The normalized spacial score (nSPS) is 13.4. The van der Waals surface area contributed by atoms with Crippen molar-refractivity contribution in [3.8, 4) is 0 Å². The SMILES string of the molecule is CCCCCCCCCCCCCCCCNC(=O)CCC(O)(NC(=O)CCOCCNC(=O)CCN1C(=O)C=CC1=O)C(=O)NCCCCCCCCCCCCCCCC. The molecule has 358 valence electrons. The summed E-state index contributed by atoms with van der Waals surface area (Å²) in [6.45, 7) is 5.59. The summed E-state index contributed by atoms with van der Waals surface area (Å²) in [5.41, 5.74) is -2.26. The lowest BCUT2D eigenvalue weighted by atomic mass is 10.0. The lowest BCUT2D eigenvalue weighted by molar-refractivity contribution is -0.151. The minimum Gasteiger partial charge on any atom is -0.379 e. The van der Waals surface area contributed by atoms with Crippen LogP contribution in [0.1, 0.15) is 219 Å². The number of imide groups is 1. The Hall–Kier alpha value is -3.32. The van der Waals surface area contributed by atoms with Gasteiger partial charge in [-0.3, -0.25) is 33.7 Å². The number of aliphatic hydroxyl groups is 1. The number of nitrogens with one attached hydrogen (secondary N) is 4. The van der Waals surface area contributed by atoms with Crippen molar-refractivity contribution in [3.05, 3.63) is 12.2 Å². The maximum atomic E-state index is 13.3. The number of carbonyl (C=O) groups is 6. The Morgan fingerprint density at radius 1 is 0.500 bits per heavy atom. The summed E-state index contributed by atoms with van der Waals surface area (Å²) in [6, 6.07) is 0. The van der Waals surface area contributed by atoms with Crippen LogP contribution in [-0.2, 0) is 33.5 Å². The molecule has 62 heavy (non-hydrogen) atoms. The number of unbranched alkanes of at least 4 members (excludes halogenated alkanes) is 26. The first-order valence-corrected chi connectivity index (χ1v) is 25.1. The molecule has 1 rings (SSSR count). The summed E-state index contributed by atoms with van der Waals surface area (Å²) in [7, 11) is 0. The molecule has 0 aromatic carbocycles. The topological polar surface area (TPSA) is 183 Å². The van der Waals surface area contributed by atoms with Gasteiger partial charge in [0, 0.05) is 57.6 Å². The molecule has 0 aromatic heterocycles. The number of hydrogen-bond donors (Lipinski definition) is 5. The molecule has 0 spiro atoms. The van der Waals surface area contributed by atoms with Gasteiger partial charge in [-0.2, -0.15) is 0 Å². The monoisotopic (exact) mass is 876 g/mol. The van der Waals surface area contributed by atoms with Gasteiger partial charge < -0.3 is 31.1 Å². The predicted molar refractivity (Wildman–Crippen MR) is 248 cm³/mol. The van der Waals surface area contributed by atoms with E-state index in [1.54, 1.807) is 0 Å². The second-order valence-electron chi connectivity index (χ2n) is 17.3. The van der Waals surface area contributed by atoms with Crippen molar-refractivity contribution in [3.63, 3.8) is 0 Å². The van der Waals surface area contributed by atoms with Gasteiger partial charge in [0.2, 0.25) is 23.4 Å². The molecule has 1 aliphatic rings. The first kappa shape index (κ1) is 56.7. The number of hydrogen-bond acceptors (Lipinski definition) is 8. The van der Waals surface area contributed by atoms with Crippen molar-refractivity contribution < 1.29 is 38.6 Å². The third-order valence-electron chi connectivity index (χ3n) is 11.6. The van der Waals surface area contributed by atoms with Crippen LogP contribution in [-0.4, -0.2) is 90.6 Å². The smallest absolute Gasteiger partial charge is 0.273 e. The lowest BCUT2D eigenvalue weighted by Gasteiger charge is -2.28. The van der Waals surface area contributed by atoms with Gasteiger partial charge in [0.15, 0.2) is 0 Å². The van der Waals surface area contributed by atoms with Crippen molar-refractivity contribution >= 4 is 35.4 Å². The zero-order valence-corrected chi connectivity index (χ0v) is 39.3. The van der Waals surface area contributed by atoms with Crippen LogP contribution in [0.4, 0.5) is 0 Å². The molecule has 1 unspecified atom stereocenters. The van der Waals surface area contributed by atoms with Crippen molar-refractivity contribution in [1.29, 1.82) is 0 Å². The van der Waals surface area contributed by atoms with Crippen LogP contribution in [0, 0.1) is 0 Å². The molecule has 6 amide bonds. The molecular weight excluding hydrogens is 787 g/mol. The van der Waals surface area contributed by atoms with E-state index >= 15 is 0 Å². The Labute approximate surface area is 375 Å². The molecule has 5 N–H and O–H groups in total. The molecule has 0 saturated carbocycles. The van der Waals surface area contributed by atoms with E-state index in [9.17, 15) is 33.9 Å². The molecule has 13 nitrogen and oxygen atoms in total. The molecular formula is C49H89N5O8. The van der Waals surface area contributed by atoms with Crippen LogP contribution in [0.25, 0.3) is 0 Å². The van der Waals surface area contributed by atoms with Crippen LogP contribution in [0.5, 0.6) is 0 Å². The fourth-order valence-corrected chi connectivity index (χ4v) is 7.61. The summed E-state index contributed by atoms with van der Waals surface area (Å²) in [4.78, 5) is 75.3. The molecule has 0 bridgehead atoms. The average Bonchev–Trinajstić information content (AvgIpc) is 3.58. The van der Waals surface area contributed by atoms with Crippen molar-refractivity contribution in [2.75, 3.05) is 39.4 Å². The number of rotatable bonds is 44. The second-order valence-corrected chi connectivity index (χ2v) is 17.3. The van der Waals surface area contributed by atoms with E-state index in [1.165, 1.54) is 135 Å². The van der Waals surface area contributed by atoms with Gasteiger partial charge in [0.1, 0.15) is 0 Å². The lowest BCUT2D eigenvalue weighted by Crippen LogP contribution is -2.59. The number of ether oxygens (including phenoxy) is 1. The highest BCUT2D eigenvalue weighted by Gasteiger charge is 2.37. The highest BCUT2D eigenvalue weighted by Crippen LogP contribution is 2.16. The summed E-state index contributed by atoms with van der Waals surface area (Å²) < 4.78 is 5.47. The summed E-state index contributed by atoms with van der Waals surface area (Å²) in [5, 5.41) is 22.2. The third-order valence-corrected chi connectivity index (χ3v) is 11.6. The zero-order valence-electron chi connectivity index (χ0n) is 39.3. The summed E-state index contributed by atoms with van der Waals surface area (Å²) in [6.07, 6.45) is 36.4. The van der Waals surface area contributed by atoms with Crippen LogP contribution in [0.2, 0.25) is 0 Å². The number of nitrogens with zero attached hydrogens (tertiary/aromatic N) is 1. The molecule has 0 aliphatic carbocycles. The van der Waals surface area contributed by atoms with Crippen LogP contribution in [0.15, 0.2) is 12.2 Å². The van der Waals surface area contributed by atoms with E-state index in [0.29, 0.717) is 13.1 Å². The predicted octanol–water partition coefficient (Wildman–Crippen LogP) is 8.60. The highest BCUT2D eigenvalue weighted by atomic mass is 16.5. The van der Waals surface area contributed by atoms with Gasteiger partial charge in [-0.1, -0.05) is 181 Å². The standard InChI is InChI=1S/C49H89N5O8/c1-3-5-7-9-11-13-15-17-19-21-23-25-27-29-37-50-43(55)33-36-49(61,48(60)52-38-30-28-26-24-22-20-18-16-14-12-10-8-6-4-2)53-45(57)35-41-62-42-39-51-44(56)34-40-54-46(58)31-32-47(54)59/h31-32,61H,3-30,33-42H2,1-2H3,(H,50,55)(H,51,56)(H,52,60)(H,53,57). The maximum absolute atomic E-state index is 13.3.